The van der Waals surface area contributed by atoms with E-state index >= 15 is 0 Å². The van der Waals surface area contributed by atoms with E-state index in [2.05, 4.69) is 4.98 Å². The summed E-state index contributed by atoms with van der Waals surface area (Å²) in [6.45, 7) is 2.99. The summed E-state index contributed by atoms with van der Waals surface area (Å²) in [6, 6.07) is 4.19. The average Bonchev–Trinajstić information content (AvgIpc) is 2.63. The number of fused-ring (bicyclic) bond motifs is 1. The van der Waals surface area contributed by atoms with E-state index in [0.29, 0.717) is 11.0 Å². The van der Waals surface area contributed by atoms with Crippen molar-refractivity contribution < 1.29 is 14.7 Å². The topological polar surface area (TPSA) is 118 Å². The lowest BCUT2D eigenvalue weighted by molar-refractivity contribution is -0.125. The van der Waals surface area contributed by atoms with E-state index in [1.54, 1.807) is 0 Å². The lowest BCUT2D eigenvalue weighted by Gasteiger charge is -2.22. The first kappa shape index (κ1) is 12.9. The maximum atomic E-state index is 11.9. The molecule has 0 spiro atoms. The van der Waals surface area contributed by atoms with E-state index in [0.717, 1.165) is 4.57 Å². The SMILES string of the molecule is CC(C)(C(N)=O)n1c(=O)[nH]c2ccc(C(=O)O)cc21. The molecule has 0 radical (unpaired) electrons. The van der Waals surface area contributed by atoms with Crippen molar-refractivity contribution in [2.24, 2.45) is 5.73 Å². The third-order valence-corrected chi connectivity index (χ3v) is 3.09. The summed E-state index contributed by atoms with van der Waals surface area (Å²) in [6.07, 6.45) is 0. The third kappa shape index (κ3) is 1.88. The minimum atomic E-state index is -1.26. The highest BCUT2D eigenvalue weighted by Crippen LogP contribution is 2.20. The Hall–Kier alpha value is -2.57. The molecule has 7 heteroatoms. The maximum absolute atomic E-state index is 11.9. The molecule has 1 heterocycles. The third-order valence-electron chi connectivity index (χ3n) is 3.09. The van der Waals surface area contributed by atoms with E-state index in [1.807, 2.05) is 0 Å². The van der Waals surface area contributed by atoms with E-state index in [1.165, 1.54) is 32.0 Å². The number of carbonyl (C=O) groups excluding carboxylic acids is 1. The molecular formula is C12H13N3O4. The number of rotatable bonds is 3. The number of H-pyrrole nitrogens is 1. The molecule has 0 saturated carbocycles. The number of hydrogen-bond donors (Lipinski definition) is 3. The summed E-state index contributed by atoms with van der Waals surface area (Å²) < 4.78 is 1.16. The highest BCUT2D eigenvalue weighted by atomic mass is 16.4. The van der Waals surface area contributed by atoms with Gasteiger partial charge in [-0.3, -0.25) is 9.36 Å². The predicted molar refractivity (Wildman–Crippen MR) is 68.0 cm³/mol. The number of aromatic carboxylic acids is 1. The van der Waals surface area contributed by atoms with Gasteiger partial charge < -0.3 is 15.8 Å². The number of carboxylic acids is 1. The molecule has 1 amide bonds. The highest BCUT2D eigenvalue weighted by Gasteiger charge is 2.31. The van der Waals surface area contributed by atoms with Crippen LogP contribution in [-0.4, -0.2) is 26.5 Å². The van der Waals surface area contributed by atoms with Crippen molar-refractivity contribution in [2.45, 2.75) is 19.4 Å². The van der Waals surface area contributed by atoms with Crippen LogP contribution in [0.25, 0.3) is 11.0 Å². The molecule has 2 aromatic rings. The van der Waals surface area contributed by atoms with Crippen molar-refractivity contribution >= 4 is 22.9 Å². The van der Waals surface area contributed by atoms with Crippen molar-refractivity contribution in [1.29, 1.82) is 0 Å². The van der Waals surface area contributed by atoms with Crippen molar-refractivity contribution in [1.82, 2.24) is 9.55 Å². The molecule has 0 fully saturated rings. The van der Waals surface area contributed by atoms with Gasteiger partial charge in [0, 0.05) is 0 Å². The fraction of sp³-hybridized carbons (Fsp3) is 0.250. The smallest absolute Gasteiger partial charge is 0.335 e. The zero-order chi connectivity index (χ0) is 14.4. The molecule has 1 aromatic heterocycles. The molecule has 2 rings (SSSR count). The number of carboxylic acid groups (broad SMARTS) is 1. The molecule has 0 saturated heterocycles. The number of carbonyl (C=O) groups is 2. The largest absolute Gasteiger partial charge is 0.478 e. The van der Waals surface area contributed by atoms with Crippen molar-refractivity contribution in [3.63, 3.8) is 0 Å². The minimum Gasteiger partial charge on any atom is -0.478 e. The Kier molecular flexibility index (Phi) is 2.69. The van der Waals surface area contributed by atoms with Crippen LogP contribution >= 0.6 is 0 Å². The molecular weight excluding hydrogens is 250 g/mol. The second kappa shape index (κ2) is 3.98. The quantitative estimate of drug-likeness (QED) is 0.735. The molecule has 19 heavy (non-hydrogen) atoms. The number of nitrogens with one attached hydrogen (secondary N) is 1. The number of imidazole rings is 1. The molecule has 0 aliphatic heterocycles. The molecule has 4 N–H and O–H groups in total. The first-order chi connectivity index (χ1) is 8.75. The van der Waals surface area contributed by atoms with Crippen LogP contribution in [0.2, 0.25) is 0 Å². The van der Waals surface area contributed by atoms with Crippen LogP contribution in [0.1, 0.15) is 24.2 Å². The average molecular weight is 263 g/mol. The molecule has 0 aliphatic carbocycles. The summed E-state index contributed by atoms with van der Waals surface area (Å²) in [4.78, 5) is 36.9. The Morgan fingerprint density at radius 2 is 2.00 bits per heavy atom. The number of primary amides is 1. The molecule has 1 aromatic carbocycles. The summed E-state index contributed by atoms with van der Waals surface area (Å²) >= 11 is 0. The normalized spacial score (nSPS) is 11.7. The van der Waals surface area contributed by atoms with Gasteiger partial charge in [0.25, 0.3) is 0 Å². The van der Waals surface area contributed by atoms with Gasteiger partial charge in [0.2, 0.25) is 5.91 Å². The van der Waals surface area contributed by atoms with Crippen LogP contribution in [0, 0.1) is 0 Å². The van der Waals surface area contributed by atoms with Crippen LogP contribution in [0.4, 0.5) is 0 Å². The highest BCUT2D eigenvalue weighted by molar-refractivity contribution is 5.93. The fourth-order valence-electron chi connectivity index (χ4n) is 1.90. The van der Waals surface area contributed by atoms with Gasteiger partial charge in [-0.15, -0.1) is 0 Å². The van der Waals surface area contributed by atoms with E-state index in [9.17, 15) is 14.4 Å². The number of nitrogens with two attached hydrogens (primary N) is 1. The fourth-order valence-corrected chi connectivity index (χ4v) is 1.90. The van der Waals surface area contributed by atoms with Crippen LogP contribution in [0.15, 0.2) is 23.0 Å². The molecule has 100 valence electrons. The van der Waals surface area contributed by atoms with E-state index in [4.69, 9.17) is 10.8 Å². The zero-order valence-electron chi connectivity index (χ0n) is 10.4. The van der Waals surface area contributed by atoms with E-state index in [-0.39, 0.29) is 5.56 Å². The monoisotopic (exact) mass is 263 g/mol. The van der Waals surface area contributed by atoms with Gasteiger partial charge in [-0.1, -0.05) is 0 Å². The number of aromatic amines is 1. The van der Waals surface area contributed by atoms with Gasteiger partial charge >= 0.3 is 11.7 Å². The summed E-state index contributed by atoms with van der Waals surface area (Å²) in [7, 11) is 0. The number of benzene rings is 1. The lowest BCUT2D eigenvalue weighted by atomic mass is 10.0. The van der Waals surface area contributed by atoms with Gasteiger partial charge in [0.1, 0.15) is 5.54 Å². The van der Waals surface area contributed by atoms with Crippen molar-refractivity contribution in [2.75, 3.05) is 0 Å². The maximum Gasteiger partial charge on any atom is 0.335 e. The molecule has 0 atom stereocenters. The van der Waals surface area contributed by atoms with Crippen LogP contribution in [0.5, 0.6) is 0 Å². The number of nitrogens with zero attached hydrogens (tertiary/aromatic N) is 1. The first-order valence-corrected chi connectivity index (χ1v) is 5.53. The van der Waals surface area contributed by atoms with Gasteiger partial charge in [0.15, 0.2) is 0 Å². The number of amides is 1. The molecule has 7 nitrogen and oxygen atoms in total. The zero-order valence-corrected chi connectivity index (χ0v) is 10.4. The molecule has 0 aliphatic rings. The van der Waals surface area contributed by atoms with Gasteiger partial charge in [0.05, 0.1) is 16.6 Å². The Morgan fingerprint density at radius 1 is 1.37 bits per heavy atom. The van der Waals surface area contributed by atoms with Gasteiger partial charge in [-0.2, -0.15) is 0 Å². The Balaban J connectivity index is 2.84. The van der Waals surface area contributed by atoms with E-state index < -0.39 is 23.1 Å². The predicted octanol–water partition coefficient (Wildman–Crippen LogP) is 0.248. The second-order valence-corrected chi connectivity index (χ2v) is 4.73. The second-order valence-electron chi connectivity index (χ2n) is 4.73. The molecule has 0 unspecified atom stereocenters. The van der Waals surface area contributed by atoms with Crippen LogP contribution in [-0.2, 0) is 10.3 Å². The standard InChI is InChI=1S/C12H13N3O4/c1-12(2,10(13)18)15-8-5-6(9(16)17)3-4-7(8)14-11(15)19/h3-5H,1-2H3,(H2,13,18)(H,14,19)(H,16,17). The Bertz CT molecular complexity index is 739. The van der Waals surface area contributed by atoms with Crippen molar-refractivity contribution in [3.05, 3.63) is 34.2 Å². The summed E-state index contributed by atoms with van der Waals surface area (Å²) in [5.74, 6) is -1.80. The lowest BCUT2D eigenvalue weighted by Crippen LogP contribution is -2.45. The van der Waals surface area contributed by atoms with Gasteiger partial charge in [-0.25, -0.2) is 9.59 Å². The minimum absolute atomic E-state index is 0.0283. The molecule has 0 bridgehead atoms. The summed E-state index contributed by atoms with van der Waals surface area (Å²) in [5.41, 5.74) is 4.32. The Morgan fingerprint density at radius 3 is 2.53 bits per heavy atom. The number of hydrogen-bond acceptors (Lipinski definition) is 3. The Labute approximate surface area is 107 Å². The summed E-state index contributed by atoms with van der Waals surface area (Å²) in [5, 5.41) is 8.96. The number of aromatic nitrogens is 2. The van der Waals surface area contributed by atoms with Gasteiger partial charge in [-0.05, 0) is 32.0 Å². The van der Waals surface area contributed by atoms with Crippen molar-refractivity contribution in [3.8, 4) is 0 Å². The van der Waals surface area contributed by atoms with Crippen LogP contribution in [0.3, 0.4) is 0 Å². The first-order valence-electron chi connectivity index (χ1n) is 5.53. The van der Waals surface area contributed by atoms with Crippen LogP contribution < -0.4 is 11.4 Å².